The molecule has 1 fully saturated rings. The van der Waals surface area contributed by atoms with Crippen molar-refractivity contribution >= 4 is 23.2 Å². The van der Waals surface area contributed by atoms with Crippen molar-refractivity contribution in [3.63, 3.8) is 0 Å². The van der Waals surface area contributed by atoms with Crippen LogP contribution in [0.4, 0.5) is 10.1 Å². The Morgan fingerprint density at radius 2 is 2.10 bits per heavy atom. The van der Waals surface area contributed by atoms with Gasteiger partial charge in [-0.1, -0.05) is 12.8 Å². The summed E-state index contributed by atoms with van der Waals surface area (Å²) in [5.74, 6) is -0.922. The minimum Gasteiger partial charge on any atom is -0.334 e. The van der Waals surface area contributed by atoms with Crippen molar-refractivity contribution in [1.82, 2.24) is 4.90 Å². The quantitative estimate of drug-likeness (QED) is 0.475. The van der Waals surface area contributed by atoms with Crippen LogP contribution in [0, 0.1) is 15.9 Å². The van der Waals surface area contributed by atoms with Crippen LogP contribution in [0.3, 0.4) is 0 Å². The summed E-state index contributed by atoms with van der Waals surface area (Å²) in [6.07, 6.45) is 3.81. The highest BCUT2D eigenvalue weighted by Gasteiger charge is 2.31. The van der Waals surface area contributed by atoms with E-state index in [1.54, 1.807) is 4.90 Å². The molecule has 0 heterocycles. The molecular weight excluding hydrogens is 299 g/mol. The first-order chi connectivity index (χ1) is 10.0. The molecule has 1 aromatic carbocycles. The zero-order chi connectivity index (χ0) is 15.4. The second-order valence-corrected chi connectivity index (χ2v) is 5.42. The van der Waals surface area contributed by atoms with Gasteiger partial charge < -0.3 is 4.90 Å². The van der Waals surface area contributed by atoms with Gasteiger partial charge in [-0.25, -0.2) is 4.39 Å². The lowest BCUT2D eigenvalue weighted by Crippen LogP contribution is -2.40. The number of nitro groups is 1. The van der Waals surface area contributed by atoms with Gasteiger partial charge in [0.15, 0.2) is 0 Å². The Balaban J connectivity index is 2.34. The maximum absolute atomic E-state index is 13.2. The Morgan fingerprint density at radius 1 is 1.43 bits per heavy atom. The van der Waals surface area contributed by atoms with Crippen molar-refractivity contribution in [2.75, 3.05) is 12.4 Å². The Bertz CT molecular complexity index is 547. The van der Waals surface area contributed by atoms with Crippen molar-refractivity contribution in [2.45, 2.75) is 31.7 Å². The minimum atomic E-state index is -0.733. The van der Waals surface area contributed by atoms with Crippen LogP contribution >= 0.6 is 11.6 Å². The average Bonchev–Trinajstić information content (AvgIpc) is 2.97. The summed E-state index contributed by atoms with van der Waals surface area (Å²) in [5.41, 5.74) is -0.587. The second-order valence-electron chi connectivity index (χ2n) is 5.04. The zero-order valence-corrected chi connectivity index (χ0v) is 12.2. The normalized spacial score (nSPS) is 15.1. The van der Waals surface area contributed by atoms with Gasteiger partial charge in [-0.2, -0.15) is 0 Å². The number of halogens is 2. The number of hydrogen-bond donors (Lipinski definition) is 0. The molecule has 1 saturated carbocycles. The molecule has 1 aliphatic carbocycles. The van der Waals surface area contributed by atoms with E-state index in [0.717, 1.165) is 37.8 Å². The third-order valence-corrected chi connectivity index (χ3v) is 3.91. The number of hydrogen-bond acceptors (Lipinski definition) is 3. The van der Waals surface area contributed by atoms with E-state index in [9.17, 15) is 19.3 Å². The van der Waals surface area contributed by atoms with Gasteiger partial charge >= 0.3 is 0 Å². The van der Waals surface area contributed by atoms with Gasteiger partial charge in [-0.15, -0.1) is 11.6 Å². The molecule has 2 rings (SSSR count). The number of carbonyl (C=O) groups excluding carboxylic acids is 1. The summed E-state index contributed by atoms with van der Waals surface area (Å²) in [6, 6.07) is 3.07. The SMILES string of the molecule is O=C(c1ccc(F)cc1[N+](=O)[O-])N(CCCl)C1CCCC1. The topological polar surface area (TPSA) is 63.4 Å². The van der Waals surface area contributed by atoms with E-state index in [0.29, 0.717) is 6.54 Å². The molecule has 1 amide bonds. The number of carbonyl (C=O) groups is 1. The fourth-order valence-electron chi connectivity index (χ4n) is 2.75. The highest BCUT2D eigenvalue weighted by atomic mass is 35.5. The van der Waals surface area contributed by atoms with Crippen LogP contribution in [-0.2, 0) is 0 Å². The lowest BCUT2D eigenvalue weighted by atomic mass is 10.1. The summed E-state index contributed by atoms with van der Waals surface area (Å²) >= 11 is 5.75. The van der Waals surface area contributed by atoms with Crippen LogP contribution in [0.1, 0.15) is 36.0 Å². The zero-order valence-electron chi connectivity index (χ0n) is 11.4. The van der Waals surface area contributed by atoms with Crippen molar-refractivity contribution in [3.8, 4) is 0 Å². The fraction of sp³-hybridized carbons (Fsp3) is 0.500. The van der Waals surface area contributed by atoms with E-state index in [1.807, 2.05) is 0 Å². The molecular formula is C14H16ClFN2O3. The third-order valence-electron chi connectivity index (χ3n) is 3.74. The standard InChI is InChI=1S/C14H16ClFN2O3/c15-7-8-17(11-3-1-2-4-11)14(19)12-6-5-10(16)9-13(12)18(20)21/h5-6,9,11H,1-4,7-8H2. The molecule has 0 atom stereocenters. The molecule has 0 N–H and O–H groups in total. The lowest BCUT2D eigenvalue weighted by molar-refractivity contribution is -0.385. The Morgan fingerprint density at radius 3 is 2.67 bits per heavy atom. The van der Waals surface area contributed by atoms with Crippen LogP contribution in [-0.4, -0.2) is 34.2 Å². The molecule has 1 aliphatic rings. The molecule has 0 saturated heterocycles. The summed E-state index contributed by atoms with van der Waals surface area (Å²) < 4.78 is 13.2. The number of nitrogens with zero attached hydrogens (tertiary/aromatic N) is 2. The van der Waals surface area contributed by atoms with Crippen molar-refractivity contribution in [1.29, 1.82) is 0 Å². The highest BCUT2D eigenvalue weighted by Crippen LogP contribution is 2.28. The number of rotatable bonds is 5. The first-order valence-corrected chi connectivity index (χ1v) is 7.39. The van der Waals surface area contributed by atoms with Crippen molar-refractivity contribution in [2.24, 2.45) is 0 Å². The van der Waals surface area contributed by atoms with Crippen LogP contribution in [0.2, 0.25) is 0 Å². The summed E-state index contributed by atoms with van der Waals surface area (Å²) in [4.78, 5) is 24.5. The Hall–Kier alpha value is -1.69. The van der Waals surface area contributed by atoms with E-state index in [4.69, 9.17) is 11.6 Å². The van der Waals surface area contributed by atoms with Gasteiger partial charge in [0.25, 0.3) is 11.6 Å². The summed E-state index contributed by atoms with van der Waals surface area (Å²) in [7, 11) is 0. The molecule has 21 heavy (non-hydrogen) atoms. The first kappa shape index (κ1) is 15.7. The third kappa shape index (κ3) is 3.50. The molecule has 0 unspecified atom stereocenters. The fourth-order valence-corrected chi connectivity index (χ4v) is 2.93. The predicted octanol–water partition coefficient (Wildman–Crippen LogP) is 3.36. The van der Waals surface area contributed by atoms with E-state index in [2.05, 4.69) is 0 Å². The summed E-state index contributed by atoms with van der Waals surface area (Å²) in [5, 5.41) is 11.0. The molecule has 0 radical (unpaired) electrons. The number of amides is 1. The van der Waals surface area contributed by atoms with Gasteiger partial charge in [0, 0.05) is 18.5 Å². The predicted molar refractivity (Wildman–Crippen MR) is 77.1 cm³/mol. The Labute approximate surface area is 126 Å². The second kappa shape index (κ2) is 6.85. The minimum absolute atomic E-state index is 0.0564. The molecule has 0 spiro atoms. The maximum atomic E-state index is 13.2. The van der Waals surface area contributed by atoms with Crippen LogP contribution < -0.4 is 0 Å². The molecule has 114 valence electrons. The smallest absolute Gasteiger partial charge is 0.285 e. The largest absolute Gasteiger partial charge is 0.334 e. The monoisotopic (exact) mass is 314 g/mol. The van der Waals surface area contributed by atoms with E-state index < -0.39 is 22.3 Å². The van der Waals surface area contributed by atoms with Crippen LogP contribution in [0.15, 0.2) is 18.2 Å². The summed E-state index contributed by atoms with van der Waals surface area (Å²) in [6.45, 7) is 0.333. The van der Waals surface area contributed by atoms with Gasteiger partial charge in [0.05, 0.1) is 11.0 Å². The van der Waals surface area contributed by atoms with E-state index in [-0.39, 0.29) is 17.5 Å². The van der Waals surface area contributed by atoms with Gasteiger partial charge in [-0.05, 0) is 25.0 Å². The van der Waals surface area contributed by atoms with E-state index in [1.165, 1.54) is 6.07 Å². The molecule has 5 nitrogen and oxygen atoms in total. The molecule has 0 aromatic heterocycles. The van der Waals surface area contributed by atoms with Crippen molar-refractivity contribution in [3.05, 3.63) is 39.7 Å². The molecule has 1 aromatic rings. The van der Waals surface area contributed by atoms with Gasteiger partial charge in [-0.3, -0.25) is 14.9 Å². The molecule has 0 bridgehead atoms. The number of benzene rings is 1. The van der Waals surface area contributed by atoms with Gasteiger partial charge in [0.1, 0.15) is 11.4 Å². The first-order valence-electron chi connectivity index (χ1n) is 6.85. The highest BCUT2D eigenvalue weighted by molar-refractivity contribution is 6.18. The van der Waals surface area contributed by atoms with Crippen LogP contribution in [0.25, 0.3) is 0 Å². The number of alkyl halides is 1. The average molecular weight is 315 g/mol. The van der Waals surface area contributed by atoms with Gasteiger partial charge in [0.2, 0.25) is 0 Å². The molecule has 7 heteroatoms. The maximum Gasteiger partial charge on any atom is 0.285 e. The molecule has 0 aliphatic heterocycles. The Kier molecular flexibility index (Phi) is 5.12. The number of nitro benzene ring substituents is 1. The van der Waals surface area contributed by atoms with E-state index >= 15 is 0 Å². The van der Waals surface area contributed by atoms with Crippen LogP contribution in [0.5, 0.6) is 0 Å². The van der Waals surface area contributed by atoms with Crippen molar-refractivity contribution < 1.29 is 14.1 Å². The lowest BCUT2D eigenvalue weighted by Gasteiger charge is -2.28.